The number of nitrogens with zero attached hydrogens (tertiary/aromatic N) is 1. The van der Waals surface area contributed by atoms with Crippen LogP contribution >= 0.6 is 11.8 Å². The average molecular weight is 209 g/mol. The number of hydrogen-bond acceptors (Lipinski definition) is 2. The Bertz CT molecular complexity index is 246. The zero-order valence-corrected chi connectivity index (χ0v) is 10.1. The molecule has 0 fully saturated rings. The van der Waals surface area contributed by atoms with Gasteiger partial charge in [0.05, 0.1) is 0 Å². The van der Waals surface area contributed by atoms with Gasteiger partial charge in [-0.25, -0.2) is 0 Å². The maximum Gasteiger partial charge on any atom is 0.0181 e. The van der Waals surface area contributed by atoms with Crippen molar-refractivity contribution >= 4 is 11.8 Å². The highest BCUT2D eigenvalue weighted by atomic mass is 32.2. The summed E-state index contributed by atoms with van der Waals surface area (Å²) in [4.78, 5) is 3.67. The van der Waals surface area contributed by atoms with Crippen molar-refractivity contribution in [2.45, 2.75) is 24.3 Å². The lowest BCUT2D eigenvalue weighted by molar-refractivity contribution is 0.311. The van der Waals surface area contributed by atoms with Gasteiger partial charge >= 0.3 is 0 Å². The fourth-order valence-corrected chi connectivity index (χ4v) is 2.61. The Kier molecular flexibility index (Phi) is 5.05. The summed E-state index contributed by atoms with van der Waals surface area (Å²) in [7, 11) is 4.30. The van der Waals surface area contributed by atoms with E-state index in [1.807, 2.05) is 11.8 Å². The number of rotatable bonds is 5. The molecule has 0 saturated carbocycles. The van der Waals surface area contributed by atoms with Crippen molar-refractivity contribution in [2.24, 2.45) is 0 Å². The molecule has 0 radical (unpaired) electrons. The lowest BCUT2D eigenvalue weighted by Crippen LogP contribution is -2.29. The number of thioether (sulfide) groups is 1. The predicted molar refractivity (Wildman–Crippen MR) is 64.9 cm³/mol. The first kappa shape index (κ1) is 11.6. The molecule has 1 aromatic carbocycles. The average Bonchev–Trinajstić information content (AvgIpc) is 2.20. The van der Waals surface area contributed by atoms with Crippen LogP contribution in [0.15, 0.2) is 35.2 Å². The minimum atomic E-state index is 0.681. The summed E-state index contributed by atoms with van der Waals surface area (Å²) in [6, 6.07) is 11.3. The standard InChI is InChI=1S/C12H19NS/c1-4-11(13(2)3)10-14-12-8-6-5-7-9-12/h5-9,11H,4,10H2,1-3H3. The van der Waals surface area contributed by atoms with E-state index in [9.17, 15) is 0 Å². The Labute approximate surface area is 91.5 Å². The molecule has 0 bridgehead atoms. The van der Waals surface area contributed by atoms with Crippen LogP contribution in [0.1, 0.15) is 13.3 Å². The molecule has 0 saturated heterocycles. The van der Waals surface area contributed by atoms with Crippen LogP contribution in [0.3, 0.4) is 0 Å². The molecule has 0 aliphatic carbocycles. The highest BCUT2D eigenvalue weighted by Gasteiger charge is 2.08. The van der Waals surface area contributed by atoms with Crippen LogP contribution in [0.25, 0.3) is 0 Å². The van der Waals surface area contributed by atoms with Crippen LogP contribution < -0.4 is 0 Å². The Hall–Kier alpha value is -0.470. The molecular weight excluding hydrogens is 190 g/mol. The van der Waals surface area contributed by atoms with E-state index in [0.29, 0.717) is 6.04 Å². The monoisotopic (exact) mass is 209 g/mol. The molecule has 1 rings (SSSR count). The minimum absolute atomic E-state index is 0.681. The van der Waals surface area contributed by atoms with Gasteiger partial charge in [0.25, 0.3) is 0 Å². The van der Waals surface area contributed by atoms with Crippen molar-refractivity contribution < 1.29 is 0 Å². The Balaban J connectivity index is 2.40. The van der Waals surface area contributed by atoms with Gasteiger partial charge in [0.15, 0.2) is 0 Å². The molecule has 0 aromatic heterocycles. The highest BCUT2D eigenvalue weighted by molar-refractivity contribution is 7.99. The van der Waals surface area contributed by atoms with E-state index in [4.69, 9.17) is 0 Å². The van der Waals surface area contributed by atoms with Crippen LogP contribution in [0.5, 0.6) is 0 Å². The topological polar surface area (TPSA) is 3.24 Å². The quantitative estimate of drug-likeness (QED) is 0.685. The summed E-state index contributed by atoms with van der Waals surface area (Å²) in [5.41, 5.74) is 0. The molecule has 14 heavy (non-hydrogen) atoms. The minimum Gasteiger partial charge on any atom is -0.306 e. The zero-order valence-electron chi connectivity index (χ0n) is 9.23. The first-order valence-electron chi connectivity index (χ1n) is 5.08. The second kappa shape index (κ2) is 6.10. The molecule has 0 spiro atoms. The van der Waals surface area contributed by atoms with Gasteiger partial charge in [0.1, 0.15) is 0 Å². The highest BCUT2D eigenvalue weighted by Crippen LogP contribution is 2.19. The smallest absolute Gasteiger partial charge is 0.0181 e. The van der Waals surface area contributed by atoms with E-state index in [1.165, 1.54) is 17.1 Å². The van der Waals surface area contributed by atoms with Crippen LogP contribution in [0.4, 0.5) is 0 Å². The van der Waals surface area contributed by atoms with Crippen LogP contribution in [0, 0.1) is 0 Å². The maximum atomic E-state index is 2.30. The van der Waals surface area contributed by atoms with Gasteiger partial charge in [0, 0.05) is 16.7 Å². The fourth-order valence-electron chi connectivity index (χ4n) is 1.34. The van der Waals surface area contributed by atoms with Gasteiger partial charge in [-0.15, -0.1) is 11.8 Å². The summed E-state index contributed by atoms with van der Waals surface area (Å²) < 4.78 is 0. The third kappa shape index (κ3) is 3.72. The number of benzene rings is 1. The van der Waals surface area contributed by atoms with E-state index in [0.717, 1.165) is 0 Å². The summed E-state index contributed by atoms with van der Waals surface area (Å²) >= 11 is 1.94. The molecule has 1 atom stereocenters. The molecule has 1 nitrogen and oxygen atoms in total. The van der Waals surface area contributed by atoms with Crippen molar-refractivity contribution in [3.05, 3.63) is 30.3 Å². The summed E-state index contributed by atoms with van der Waals surface area (Å²) in [5, 5.41) is 0. The second-order valence-electron chi connectivity index (χ2n) is 3.65. The Morgan fingerprint density at radius 3 is 2.36 bits per heavy atom. The largest absolute Gasteiger partial charge is 0.306 e. The molecule has 0 amide bonds. The van der Waals surface area contributed by atoms with Gasteiger partial charge in [0.2, 0.25) is 0 Å². The lowest BCUT2D eigenvalue weighted by Gasteiger charge is -2.22. The normalized spacial score (nSPS) is 13.1. The SMILES string of the molecule is CCC(CSc1ccccc1)N(C)C. The van der Waals surface area contributed by atoms with Gasteiger partial charge in [-0.2, -0.15) is 0 Å². The Morgan fingerprint density at radius 1 is 1.21 bits per heavy atom. The first-order valence-corrected chi connectivity index (χ1v) is 6.07. The second-order valence-corrected chi connectivity index (χ2v) is 4.74. The van der Waals surface area contributed by atoms with Crippen LogP contribution in [-0.2, 0) is 0 Å². The number of hydrogen-bond donors (Lipinski definition) is 0. The van der Waals surface area contributed by atoms with Crippen LogP contribution in [-0.4, -0.2) is 30.8 Å². The third-order valence-electron chi connectivity index (χ3n) is 2.39. The molecule has 0 aliphatic heterocycles. The van der Waals surface area contributed by atoms with Crippen LogP contribution in [0.2, 0.25) is 0 Å². The van der Waals surface area contributed by atoms with Gasteiger partial charge < -0.3 is 4.90 Å². The van der Waals surface area contributed by atoms with Crippen molar-refractivity contribution in [3.8, 4) is 0 Å². The van der Waals surface area contributed by atoms with E-state index >= 15 is 0 Å². The van der Waals surface area contributed by atoms with Gasteiger partial charge in [-0.3, -0.25) is 0 Å². The molecule has 0 aliphatic rings. The fraction of sp³-hybridized carbons (Fsp3) is 0.500. The predicted octanol–water partition coefficient (Wildman–Crippen LogP) is 3.12. The van der Waals surface area contributed by atoms with E-state index in [2.05, 4.69) is 56.3 Å². The molecule has 78 valence electrons. The molecule has 2 heteroatoms. The summed E-state index contributed by atoms with van der Waals surface area (Å²) in [6.07, 6.45) is 1.22. The van der Waals surface area contributed by atoms with Crippen molar-refractivity contribution in [1.29, 1.82) is 0 Å². The maximum absolute atomic E-state index is 2.30. The lowest BCUT2D eigenvalue weighted by atomic mass is 10.2. The molecular formula is C12H19NS. The molecule has 1 aromatic rings. The zero-order chi connectivity index (χ0) is 10.4. The van der Waals surface area contributed by atoms with Gasteiger partial charge in [-0.05, 0) is 32.6 Å². The van der Waals surface area contributed by atoms with E-state index < -0.39 is 0 Å². The van der Waals surface area contributed by atoms with Crippen molar-refractivity contribution in [3.63, 3.8) is 0 Å². The molecule has 1 unspecified atom stereocenters. The van der Waals surface area contributed by atoms with Gasteiger partial charge in [-0.1, -0.05) is 25.1 Å². The van der Waals surface area contributed by atoms with Crippen molar-refractivity contribution in [2.75, 3.05) is 19.8 Å². The first-order chi connectivity index (χ1) is 6.74. The summed E-state index contributed by atoms with van der Waals surface area (Å²) in [6.45, 7) is 2.25. The third-order valence-corrected chi connectivity index (χ3v) is 3.54. The van der Waals surface area contributed by atoms with E-state index in [1.54, 1.807) is 0 Å². The van der Waals surface area contributed by atoms with E-state index in [-0.39, 0.29) is 0 Å². The Morgan fingerprint density at radius 2 is 1.86 bits per heavy atom. The van der Waals surface area contributed by atoms with Crippen molar-refractivity contribution in [1.82, 2.24) is 4.90 Å². The summed E-state index contributed by atoms with van der Waals surface area (Å²) in [5.74, 6) is 1.17. The molecule has 0 N–H and O–H groups in total. The molecule has 0 heterocycles.